The molecule has 2 aliphatic carbocycles. The first kappa shape index (κ1) is 10.5. The van der Waals surface area contributed by atoms with E-state index in [0.29, 0.717) is 18.4 Å². The van der Waals surface area contributed by atoms with Crippen molar-refractivity contribution < 1.29 is 9.90 Å². The summed E-state index contributed by atoms with van der Waals surface area (Å²) in [7, 11) is 0. The van der Waals surface area contributed by atoms with Crippen LogP contribution in [0.5, 0.6) is 0 Å². The summed E-state index contributed by atoms with van der Waals surface area (Å²) < 4.78 is 0. The van der Waals surface area contributed by atoms with E-state index in [1.165, 1.54) is 0 Å². The van der Waals surface area contributed by atoms with Crippen molar-refractivity contribution in [3.05, 3.63) is 0 Å². The van der Waals surface area contributed by atoms with E-state index < -0.39 is 5.60 Å². The molecule has 0 aromatic rings. The van der Waals surface area contributed by atoms with Gasteiger partial charge < -0.3 is 15.7 Å². The zero-order valence-corrected chi connectivity index (χ0v) is 9.54. The van der Waals surface area contributed by atoms with Crippen molar-refractivity contribution in [2.24, 2.45) is 11.8 Å². The van der Waals surface area contributed by atoms with Crippen LogP contribution >= 0.6 is 0 Å². The third-order valence-electron chi connectivity index (χ3n) is 4.54. The van der Waals surface area contributed by atoms with Gasteiger partial charge in [0.15, 0.2) is 0 Å². The van der Waals surface area contributed by atoms with Gasteiger partial charge in [0.2, 0.25) is 5.91 Å². The summed E-state index contributed by atoms with van der Waals surface area (Å²) in [6.45, 7) is 1.90. The largest absolute Gasteiger partial charge is 0.390 e. The molecule has 2 saturated carbocycles. The molecule has 0 radical (unpaired) electrons. The van der Waals surface area contributed by atoms with Gasteiger partial charge in [-0.05, 0) is 44.6 Å². The third kappa shape index (κ3) is 1.74. The second-order valence-corrected chi connectivity index (χ2v) is 5.74. The highest BCUT2D eigenvalue weighted by atomic mass is 16.3. The molecule has 0 spiro atoms. The maximum Gasteiger partial charge on any atom is 0.223 e. The van der Waals surface area contributed by atoms with Crippen LogP contribution in [0.4, 0.5) is 0 Å². The molecule has 4 unspecified atom stereocenters. The highest BCUT2D eigenvalue weighted by Gasteiger charge is 2.52. The van der Waals surface area contributed by atoms with Gasteiger partial charge in [0.1, 0.15) is 0 Å². The second-order valence-electron chi connectivity index (χ2n) is 5.74. The zero-order valence-electron chi connectivity index (χ0n) is 9.54. The summed E-state index contributed by atoms with van der Waals surface area (Å²) in [6.07, 6.45) is 4.48. The van der Waals surface area contributed by atoms with E-state index in [2.05, 4.69) is 10.6 Å². The molecule has 3 aliphatic rings. The molecule has 2 bridgehead atoms. The number of aliphatic hydroxyl groups is 1. The lowest BCUT2D eigenvalue weighted by atomic mass is 9.86. The van der Waals surface area contributed by atoms with Crippen LogP contribution in [-0.2, 0) is 4.79 Å². The number of amides is 1. The lowest BCUT2D eigenvalue weighted by Gasteiger charge is -2.25. The van der Waals surface area contributed by atoms with Crippen LogP contribution in [0.15, 0.2) is 0 Å². The van der Waals surface area contributed by atoms with Crippen molar-refractivity contribution >= 4 is 5.91 Å². The minimum Gasteiger partial charge on any atom is -0.390 e. The molecule has 1 aliphatic heterocycles. The molecule has 4 nitrogen and oxygen atoms in total. The van der Waals surface area contributed by atoms with Crippen molar-refractivity contribution in [1.82, 2.24) is 10.6 Å². The van der Waals surface area contributed by atoms with Gasteiger partial charge in [-0.25, -0.2) is 0 Å². The number of hydrogen-bond donors (Lipinski definition) is 3. The Morgan fingerprint density at radius 1 is 1.38 bits per heavy atom. The van der Waals surface area contributed by atoms with E-state index in [-0.39, 0.29) is 11.8 Å². The van der Waals surface area contributed by atoms with Gasteiger partial charge in [-0.2, -0.15) is 0 Å². The van der Waals surface area contributed by atoms with E-state index in [4.69, 9.17) is 0 Å². The summed E-state index contributed by atoms with van der Waals surface area (Å²) in [5, 5.41) is 16.5. The Bertz CT molecular complexity index is 301. The van der Waals surface area contributed by atoms with Gasteiger partial charge in [-0.15, -0.1) is 0 Å². The summed E-state index contributed by atoms with van der Waals surface area (Å²) >= 11 is 0. The van der Waals surface area contributed by atoms with Gasteiger partial charge in [-0.1, -0.05) is 0 Å². The number of carbonyl (C=O) groups is 1. The van der Waals surface area contributed by atoms with Crippen LogP contribution in [0.1, 0.15) is 32.1 Å². The van der Waals surface area contributed by atoms with Crippen LogP contribution in [-0.4, -0.2) is 35.7 Å². The molecule has 1 heterocycles. The monoisotopic (exact) mass is 224 g/mol. The molecule has 3 fully saturated rings. The lowest BCUT2D eigenvalue weighted by Crippen LogP contribution is -2.42. The average molecular weight is 224 g/mol. The fourth-order valence-electron chi connectivity index (χ4n) is 3.64. The first-order valence-corrected chi connectivity index (χ1v) is 6.40. The van der Waals surface area contributed by atoms with Crippen LogP contribution in [0.25, 0.3) is 0 Å². The quantitative estimate of drug-likeness (QED) is 0.619. The fourth-order valence-corrected chi connectivity index (χ4v) is 3.64. The summed E-state index contributed by atoms with van der Waals surface area (Å²) in [5.41, 5.74) is -0.513. The molecule has 3 rings (SSSR count). The molecule has 0 aromatic heterocycles. The molecular weight excluding hydrogens is 204 g/mol. The van der Waals surface area contributed by atoms with Gasteiger partial charge >= 0.3 is 0 Å². The molecule has 3 N–H and O–H groups in total. The predicted octanol–water partition coefficient (Wildman–Crippen LogP) is 0.0156. The standard InChI is InChI=1S/C12H20N2O2/c15-11(14-9-2-4-13-7-9)10-6-12(16)3-1-8(10)5-12/h8-10,13,16H,1-7H2,(H,14,15). The molecular formula is C12H20N2O2. The number of carbonyl (C=O) groups excluding carboxylic acids is 1. The second kappa shape index (κ2) is 3.70. The minimum absolute atomic E-state index is 0.0688. The van der Waals surface area contributed by atoms with E-state index in [9.17, 15) is 9.90 Å². The molecule has 1 saturated heterocycles. The molecule has 0 aromatic carbocycles. The van der Waals surface area contributed by atoms with Gasteiger partial charge in [0.25, 0.3) is 0 Å². The fraction of sp³-hybridized carbons (Fsp3) is 0.917. The van der Waals surface area contributed by atoms with Gasteiger partial charge in [0, 0.05) is 18.5 Å². The first-order chi connectivity index (χ1) is 7.66. The number of fused-ring (bicyclic) bond motifs is 2. The number of nitrogens with one attached hydrogen (secondary N) is 2. The SMILES string of the molecule is O=C(NC1CCNC1)C1CC2(O)CCC1C2. The van der Waals surface area contributed by atoms with Gasteiger partial charge in [0.05, 0.1) is 5.60 Å². The minimum atomic E-state index is -0.513. The molecule has 4 heteroatoms. The van der Waals surface area contributed by atoms with Crippen molar-refractivity contribution in [3.63, 3.8) is 0 Å². The van der Waals surface area contributed by atoms with Crippen molar-refractivity contribution in [1.29, 1.82) is 0 Å². The van der Waals surface area contributed by atoms with Crippen molar-refractivity contribution in [2.45, 2.75) is 43.7 Å². The van der Waals surface area contributed by atoms with Crippen molar-refractivity contribution in [2.75, 3.05) is 13.1 Å². The summed E-state index contributed by atoms with van der Waals surface area (Å²) in [5.74, 6) is 0.674. The first-order valence-electron chi connectivity index (χ1n) is 6.40. The molecule has 90 valence electrons. The Morgan fingerprint density at radius 3 is 2.81 bits per heavy atom. The number of hydrogen-bond acceptors (Lipinski definition) is 3. The topological polar surface area (TPSA) is 61.4 Å². The zero-order chi connectivity index (χ0) is 11.2. The lowest BCUT2D eigenvalue weighted by molar-refractivity contribution is -0.128. The highest BCUT2D eigenvalue weighted by Crippen LogP contribution is 2.51. The van der Waals surface area contributed by atoms with E-state index in [0.717, 1.165) is 38.8 Å². The predicted molar refractivity (Wildman–Crippen MR) is 59.8 cm³/mol. The Hall–Kier alpha value is -0.610. The van der Waals surface area contributed by atoms with E-state index in [1.54, 1.807) is 0 Å². The number of rotatable bonds is 2. The van der Waals surface area contributed by atoms with Crippen LogP contribution in [0, 0.1) is 11.8 Å². The Kier molecular flexibility index (Phi) is 2.44. The van der Waals surface area contributed by atoms with Crippen molar-refractivity contribution in [3.8, 4) is 0 Å². The van der Waals surface area contributed by atoms with E-state index in [1.807, 2.05) is 0 Å². The highest BCUT2D eigenvalue weighted by molar-refractivity contribution is 5.80. The third-order valence-corrected chi connectivity index (χ3v) is 4.54. The maximum atomic E-state index is 12.1. The Morgan fingerprint density at radius 2 is 2.25 bits per heavy atom. The normalized spacial score (nSPS) is 46.2. The van der Waals surface area contributed by atoms with E-state index >= 15 is 0 Å². The summed E-state index contributed by atoms with van der Waals surface area (Å²) in [4.78, 5) is 12.1. The Labute approximate surface area is 95.8 Å². The maximum absolute atomic E-state index is 12.1. The van der Waals surface area contributed by atoms with Crippen LogP contribution in [0.2, 0.25) is 0 Å². The van der Waals surface area contributed by atoms with Crippen LogP contribution in [0.3, 0.4) is 0 Å². The Balaban J connectivity index is 1.59. The summed E-state index contributed by atoms with van der Waals surface area (Å²) in [6, 6.07) is 0.307. The average Bonchev–Trinajstić information content (AvgIpc) is 2.91. The smallest absolute Gasteiger partial charge is 0.223 e. The molecule has 16 heavy (non-hydrogen) atoms. The van der Waals surface area contributed by atoms with Gasteiger partial charge in [-0.3, -0.25) is 4.79 Å². The van der Waals surface area contributed by atoms with Crippen LogP contribution < -0.4 is 10.6 Å². The molecule has 4 atom stereocenters. The molecule has 1 amide bonds.